The molecule has 0 radical (unpaired) electrons. The van der Waals surface area contributed by atoms with Gasteiger partial charge in [0.05, 0.1) is 0 Å². The van der Waals surface area contributed by atoms with Gasteiger partial charge in [0, 0.05) is 0 Å². The Morgan fingerprint density at radius 3 is 2.50 bits per heavy atom. The summed E-state index contributed by atoms with van der Waals surface area (Å²) in [4.78, 5) is 0. The van der Waals surface area contributed by atoms with Crippen molar-refractivity contribution in [3.63, 3.8) is 0 Å². The fourth-order valence-corrected chi connectivity index (χ4v) is 4.45. The molecule has 0 atom stereocenters. The third kappa shape index (κ3) is 2.22. The van der Waals surface area contributed by atoms with E-state index >= 15 is 0 Å². The molecule has 0 saturated heterocycles. The van der Waals surface area contributed by atoms with Crippen LogP contribution in [0.3, 0.4) is 0 Å². The van der Waals surface area contributed by atoms with Crippen molar-refractivity contribution in [1.82, 2.24) is 0 Å². The summed E-state index contributed by atoms with van der Waals surface area (Å²) >= 11 is 0. The van der Waals surface area contributed by atoms with Gasteiger partial charge < -0.3 is 0 Å². The zero-order valence-corrected chi connectivity index (χ0v) is 13.4. The topological polar surface area (TPSA) is 0 Å². The van der Waals surface area contributed by atoms with Gasteiger partial charge in [0.1, 0.15) is 0 Å². The predicted molar refractivity (Wildman–Crippen MR) is 94.9 cm³/mol. The third-order valence-corrected chi connectivity index (χ3v) is 5.52. The summed E-state index contributed by atoms with van der Waals surface area (Å²) in [6.07, 6.45) is 10.5. The molecule has 2 aromatic carbocycles. The highest BCUT2D eigenvalue weighted by atomic mass is 14.3. The number of rotatable bonds is 2. The van der Waals surface area contributed by atoms with Crippen LogP contribution in [-0.2, 0) is 6.42 Å². The molecule has 0 heteroatoms. The van der Waals surface area contributed by atoms with Crippen molar-refractivity contribution < 1.29 is 0 Å². The lowest BCUT2D eigenvalue weighted by Gasteiger charge is -2.26. The maximum absolute atomic E-state index is 2.38. The van der Waals surface area contributed by atoms with Crippen molar-refractivity contribution in [2.75, 3.05) is 0 Å². The highest BCUT2D eigenvalue weighted by Crippen LogP contribution is 2.43. The van der Waals surface area contributed by atoms with Crippen LogP contribution in [0.5, 0.6) is 0 Å². The maximum Gasteiger partial charge on any atom is -0.000740 e. The molecule has 0 aliphatic heterocycles. The normalized spacial score (nSPS) is 18.1. The van der Waals surface area contributed by atoms with E-state index in [4.69, 9.17) is 0 Å². The molecule has 0 N–H and O–H groups in total. The van der Waals surface area contributed by atoms with E-state index in [9.17, 15) is 0 Å². The van der Waals surface area contributed by atoms with Crippen molar-refractivity contribution >= 4 is 5.57 Å². The number of hydrogen-bond donors (Lipinski definition) is 0. The summed E-state index contributed by atoms with van der Waals surface area (Å²) in [5, 5.41) is 0. The van der Waals surface area contributed by atoms with E-state index in [0.717, 1.165) is 12.3 Å². The predicted octanol–water partition coefficient (Wildman–Crippen LogP) is 6.24. The Hall–Kier alpha value is -1.82. The Kier molecular flexibility index (Phi) is 3.62. The van der Waals surface area contributed by atoms with Gasteiger partial charge in [-0.05, 0) is 65.5 Å². The van der Waals surface area contributed by atoms with E-state index in [2.05, 4.69) is 55.5 Å². The van der Waals surface area contributed by atoms with Gasteiger partial charge in [-0.1, -0.05) is 67.8 Å². The van der Waals surface area contributed by atoms with Crippen molar-refractivity contribution in [1.29, 1.82) is 0 Å². The molecule has 0 heterocycles. The smallest absolute Gasteiger partial charge is 0.000740 e. The van der Waals surface area contributed by atoms with Crippen molar-refractivity contribution in [2.45, 2.75) is 45.4 Å². The van der Waals surface area contributed by atoms with Gasteiger partial charge >= 0.3 is 0 Å². The Balaban J connectivity index is 1.78. The second-order valence-corrected chi connectivity index (χ2v) is 6.74. The molecule has 0 aromatic heterocycles. The molecule has 0 nitrogen and oxygen atoms in total. The van der Waals surface area contributed by atoms with Crippen LogP contribution in [0.4, 0.5) is 0 Å². The minimum atomic E-state index is 0.772. The molecular weight excluding hydrogens is 264 g/mol. The van der Waals surface area contributed by atoms with Gasteiger partial charge in [-0.2, -0.15) is 0 Å². The highest BCUT2D eigenvalue weighted by Gasteiger charge is 2.25. The maximum atomic E-state index is 2.38. The zero-order valence-electron chi connectivity index (χ0n) is 13.4. The molecule has 0 bridgehead atoms. The van der Waals surface area contributed by atoms with Crippen LogP contribution in [0.15, 0.2) is 48.5 Å². The van der Waals surface area contributed by atoms with Crippen molar-refractivity contribution in [2.24, 2.45) is 5.92 Å². The van der Waals surface area contributed by atoms with Crippen LogP contribution in [-0.4, -0.2) is 0 Å². The molecule has 2 aliphatic rings. The Morgan fingerprint density at radius 1 is 0.909 bits per heavy atom. The standard InChI is InChI=1S/C22H24/c1-2-18(16-9-4-3-5-10-16)20-13-8-14-21-19-12-7-6-11-17(19)15-22(20)21/h2,6-8,11-14,16H,3-5,9-10,15H2,1H3. The van der Waals surface area contributed by atoms with Gasteiger partial charge in [0.25, 0.3) is 0 Å². The van der Waals surface area contributed by atoms with Gasteiger partial charge in [0.2, 0.25) is 0 Å². The van der Waals surface area contributed by atoms with Gasteiger partial charge in [-0.3, -0.25) is 0 Å². The van der Waals surface area contributed by atoms with Crippen molar-refractivity contribution in [3.8, 4) is 11.1 Å². The average Bonchev–Trinajstić information content (AvgIpc) is 2.96. The third-order valence-electron chi connectivity index (χ3n) is 5.52. The Morgan fingerprint density at radius 2 is 1.68 bits per heavy atom. The summed E-state index contributed by atoms with van der Waals surface area (Å²) in [6.45, 7) is 2.23. The fourth-order valence-electron chi connectivity index (χ4n) is 4.45. The Labute approximate surface area is 133 Å². The van der Waals surface area contributed by atoms with Crippen LogP contribution in [0.2, 0.25) is 0 Å². The largest absolute Gasteiger partial charge is 0.0835 e. The minimum absolute atomic E-state index is 0.772. The zero-order chi connectivity index (χ0) is 14.9. The van der Waals surface area contributed by atoms with Crippen LogP contribution >= 0.6 is 0 Å². The first-order valence-corrected chi connectivity index (χ1v) is 8.75. The van der Waals surface area contributed by atoms with Gasteiger partial charge in [-0.15, -0.1) is 0 Å². The first-order valence-electron chi connectivity index (χ1n) is 8.75. The summed E-state index contributed by atoms with van der Waals surface area (Å²) in [6, 6.07) is 15.8. The van der Waals surface area contributed by atoms with Crippen LogP contribution in [0.25, 0.3) is 16.7 Å². The van der Waals surface area contributed by atoms with E-state index in [1.54, 1.807) is 11.1 Å². The number of benzene rings is 2. The van der Waals surface area contributed by atoms with Crippen LogP contribution in [0.1, 0.15) is 55.7 Å². The summed E-state index contributed by atoms with van der Waals surface area (Å²) in [7, 11) is 0. The highest BCUT2D eigenvalue weighted by molar-refractivity contribution is 5.83. The lowest BCUT2D eigenvalue weighted by Crippen LogP contribution is -2.09. The van der Waals surface area contributed by atoms with Gasteiger partial charge in [0.15, 0.2) is 0 Å². The van der Waals surface area contributed by atoms with Crippen LogP contribution < -0.4 is 0 Å². The van der Waals surface area contributed by atoms with Crippen LogP contribution in [0, 0.1) is 5.92 Å². The fraction of sp³-hybridized carbons (Fsp3) is 0.364. The molecule has 0 amide bonds. The summed E-state index contributed by atoms with van der Waals surface area (Å²) in [5.41, 5.74) is 9.07. The lowest BCUT2D eigenvalue weighted by molar-refractivity contribution is 0.429. The van der Waals surface area contributed by atoms with E-state index in [1.165, 1.54) is 54.4 Å². The van der Waals surface area contributed by atoms with Crippen molar-refractivity contribution in [3.05, 3.63) is 65.2 Å². The average molecular weight is 288 g/mol. The molecule has 4 rings (SSSR count). The number of fused-ring (bicyclic) bond motifs is 3. The number of allylic oxidation sites excluding steroid dienone is 2. The summed E-state index contributed by atoms with van der Waals surface area (Å²) in [5.74, 6) is 0.772. The van der Waals surface area contributed by atoms with Gasteiger partial charge in [-0.25, -0.2) is 0 Å². The SMILES string of the molecule is CC=C(c1cccc2c1Cc1ccccc1-2)C1CCCCC1. The second-order valence-electron chi connectivity index (χ2n) is 6.74. The minimum Gasteiger partial charge on any atom is -0.0835 e. The number of hydrogen-bond acceptors (Lipinski definition) is 0. The molecule has 1 saturated carbocycles. The van der Waals surface area contributed by atoms with E-state index in [-0.39, 0.29) is 0 Å². The molecule has 1 fully saturated rings. The first-order chi connectivity index (χ1) is 10.9. The molecule has 2 aromatic rings. The molecule has 2 aliphatic carbocycles. The monoisotopic (exact) mass is 288 g/mol. The van der Waals surface area contributed by atoms with E-state index in [0.29, 0.717) is 0 Å². The summed E-state index contributed by atoms with van der Waals surface area (Å²) < 4.78 is 0. The van der Waals surface area contributed by atoms with E-state index < -0.39 is 0 Å². The van der Waals surface area contributed by atoms with E-state index in [1.807, 2.05) is 0 Å². The lowest BCUT2D eigenvalue weighted by atomic mass is 9.79. The molecular formula is C22H24. The molecule has 0 spiro atoms. The first kappa shape index (κ1) is 13.8. The second kappa shape index (κ2) is 5.76. The Bertz CT molecular complexity index is 715. The molecule has 112 valence electrons. The molecule has 0 unspecified atom stereocenters. The molecule has 22 heavy (non-hydrogen) atoms. The quantitative estimate of drug-likeness (QED) is 0.523.